The fourth-order valence-electron chi connectivity index (χ4n) is 1.75. The number of urea groups is 1. The predicted octanol–water partition coefficient (Wildman–Crippen LogP) is 2.36. The maximum absolute atomic E-state index is 12.2. The van der Waals surface area contributed by atoms with Gasteiger partial charge in [-0.3, -0.25) is 4.79 Å². The molecule has 0 bridgehead atoms. The van der Waals surface area contributed by atoms with E-state index in [2.05, 4.69) is 15.6 Å². The molecule has 0 saturated carbocycles. The highest BCUT2D eigenvalue weighted by Crippen LogP contribution is 2.11. The van der Waals surface area contributed by atoms with Gasteiger partial charge in [-0.25, -0.2) is 4.79 Å². The first-order valence-electron chi connectivity index (χ1n) is 6.82. The standard InChI is InChI=1S/C15H18N4O2S/c1-10(2)16-14(21)17-12-6-4-5-11(9-12)13(20)18-15-19(3)7-8-22-15/h4-10H,1-3H3,(H2,16,17,21). The van der Waals surface area contributed by atoms with E-state index in [9.17, 15) is 9.59 Å². The monoisotopic (exact) mass is 318 g/mol. The zero-order valence-corrected chi connectivity index (χ0v) is 13.5. The lowest BCUT2D eigenvalue weighted by atomic mass is 10.2. The van der Waals surface area contributed by atoms with Crippen molar-refractivity contribution < 1.29 is 9.59 Å². The third-order valence-electron chi connectivity index (χ3n) is 2.74. The molecule has 2 aromatic rings. The van der Waals surface area contributed by atoms with E-state index in [-0.39, 0.29) is 18.0 Å². The number of hydrogen-bond acceptors (Lipinski definition) is 3. The Morgan fingerprint density at radius 2 is 2.09 bits per heavy atom. The summed E-state index contributed by atoms with van der Waals surface area (Å²) < 4.78 is 1.78. The molecule has 0 unspecified atom stereocenters. The Labute approximate surface area is 132 Å². The molecule has 2 rings (SSSR count). The van der Waals surface area contributed by atoms with Crippen molar-refractivity contribution >= 4 is 29.0 Å². The Morgan fingerprint density at radius 3 is 2.73 bits per heavy atom. The largest absolute Gasteiger partial charge is 0.336 e. The number of nitrogens with one attached hydrogen (secondary N) is 2. The van der Waals surface area contributed by atoms with E-state index >= 15 is 0 Å². The van der Waals surface area contributed by atoms with Crippen molar-refractivity contribution in [3.05, 3.63) is 46.2 Å². The van der Waals surface area contributed by atoms with Crippen LogP contribution in [0.25, 0.3) is 0 Å². The van der Waals surface area contributed by atoms with Crippen molar-refractivity contribution in [2.45, 2.75) is 19.9 Å². The molecule has 0 saturated heterocycles. The number of carbonyl (C=O) groups is 2. The lowest BCUT2D eigenvalue weighted by molar-refractivity contribution is 0.0998. The Bertz CT molecular complexity index is 746. The molecule has 1 aromatic heterocycles. The molecule has 0 radical (unpaired) electrons. The van der Waals surface area contributed by atoms with Gasteiger partial charge in [0, 0.05) is 35.9 Å². The molecular formula is C15H18N4O2S. The van der Waals surface area contributed by atoms with Gasteiger partial charge in [-0.15, -0.1) is 11.3 Å². The smallest absolute Gasteiger partial charge is 0.319 e. The number of thiazole rings is 1. The summed E-state index contributed by atoms with van der Waals surface area (Å²) in [4.78, 5) is 28.5. The van der Waals surface area contributed by atoms with Crippen LogP contribution in [0.3, 0.4) is 0 Å². The van der Waals surface area contributed by atoms with Crippen molar-refractivity contribution in [1.82, 2.24) is 9.88 Å². The van der Waals surface area contributed by atoms with E-state index in [4.69, 9.17) is 0 Å². The van der Waals surface area contributed by atoms with E-state index < -0.39 is 0 Å². The summed E-state index contributed by atoms with van der Waals surface area (Å²) in [5.41, 5.74) is 0.977. The normalized spacial score (nSPS) is 11.5. The molecule has 22 heavy (non-hydrogen) atoms. The Kier molecular flexibility index (Phi) is 5.11. The number of nitrogens with zero attached hydrogens (tertiary/aromatic N) is 2. The quantitative estimate of drug-likeness (QED) is 0.911. The first-order chi connectivity index (χ1) is 10.5. The number of aromatic nitrogens is 1. The fourth-order valence-corrected chi connectivity index (χ4v) is 2.47. The second-order valence-electron chi connectivity index (χ2n) is 5.05. The molecule has 6 nitrogen and oxygen atoms in total. The van der Waals surface area contributed by atoms with Gasteiger partial charge in [0.05, 0.1) is 0 Å². The molecule has 116 valence electrons. The molecule has 0 atom stereocenters. The minimum absolute atomic E-state index is 0.0404. The van der Waals surface area contributed by atoms with Crippen LogP contribution in [0.2, 0.25) is 0 Å². The second kappa shape index (κ2) is 7.04. The van der Waals surface area contributed by atoms with Crippen LogP contribution in [0.15, 0.2) is 40.8 Å². The summed E-state index contributed by atoms with van der Waals surface area (Å²) in [5.74, 6) is -0.342. The molecule has 1 aromatic carbocycles. The molecular weight excluding hydrogens is 300 g/mol. The van der Waals surface area contributed by atoms with Gasteiger partial charge in [-0.1, -0.05) is 6.07 Å². The SMILES string of the molecule is CC(C)NC(=O)Nc1cccc(C(=O)N=c2sccn2C)c1. The third-order valence-corrected chi connectivity index (χ3v) is 3.59. The summed E-state index contributed by atoms with van der Waals surface area (Å²) >= 11 is 1.39. The van der Waals surface area contributed by atoms with E-state index in [1.165, 1.54) is 11.3 Å². The number of anilines is 1. The van der Waals surface area contributed by atoms with E-state index in [1.54, 1.807) is 28.8 Å². The number of amides is 3. The zero-order chi connectivity index (χ0) is 16.1. The molecule has 0 aliphatic carbocycles. The van der Waals surface area contributed by atoms with Gasteiger partial charge < -0.3 is 15.2 Å². The number of carbonyl (C=O) groups excluding carboxylic acids is 2. The minimum Gasteiger partial charge on any atom is -0.336 e. The Hall–Kier alpha value is -2.41. The van der Waals surface area contributed by atoms with Gasteiger partial charge >= 0.3 is 6.03 Å². The summed E-state index contributed by atoms with van der Waals surface area (Å²) in [6.07, 6.45) is 1.84. The fraction of sp³-hybridized carbons (Fsp3) is 0.267. The molecule has 0 aliphatic heterocycles. The highest BCUT2D eigenvalue weighted by molar-refractivity contribution is 7.07. The topological polar surface area (TPSA) is 75.5 Å². The minimum atomic E-state index is -0.342. The Morgan fingerprint density at radius 1 is 1.32 bits per heavy atom. The zero-order valence-electron chi connectivity index (χ0n) is 12.7. The van der Waals surface area contributed by atoms with E-state index in [0.717, 1.165) is 0 Å². The summed E-state index contributed by atoms with van der Waals surface area (Å²) in [7, 11) is 1.83. The van der Waals surface area contributed by atoms with Crippen LogP contribution in [0.4, 0.5) is 10.5 Å². The number of aryl methyl sites for hydroxylation is 1. The van der Waals surface area contributed by atoms with Gasteiger partial charge in [0.2, 0.25) is 0 Å². The van der Waals surface area contributed by atoms with Gasteiger partial charge in [0.1, 0.15) is 0 Å². The van der Waals surface area contributed by atoms with Crippen LogP contribution in [0.1, 0.15) is 24.2 Å². The van der Waals surface area contributed by atoms with Crippen LogP contribution >= 0.6 is 11.3 Å². The van der Waals surface area contributed by atoms with Crippen LogP contribution in [0, 0.1) is 0 Å². The summed E-state index contributed by atoms with van der Waals surface area (Å²) in [5, 5.41) is 7.28. The first-order valence-corrected chi connectivity index (χ1v) is 7.70. The van der Waals surface area contributed by atoms with E-state index in [1.807, 2.05) is 32.5 Å². The maximum Gasteiger partial charge on any atom is 0.319 e. The van der Waals surface area contributed by atoms with Gasteiger partial charge in [0.15, 0.2) is 4.80 Å². The molecule has 0 aliphatic rings. The lowest BCUT2D eigenvalue weighted by Gasteiger charge is -2.10. The average molecular weight is 318 g/mol. The number of hydrogen-bond donors (Lipinski definition) is 2. The lowest BCUT2D eigenvalue weighted by Crippen LogP contribution is -2.34. The summed E-state index contributed by atoms with van der Waals surface area (Å²) in [6, 6.07) is 6.45. The van der Waals surface area contributed by atoms with Crippen molar-refractivity contribution in [2.24, 2.45) is 12.0 Å². The van der Waals surface area contributed by atoms with Crippen LogP contribution < -0.4 is 15.4 Å². The van der Waals surface area contributed by atoms with Crippen molar-refractivity contribution in [2.75, 3.05) is 5.32 Å². The highest BCUT2D eigenvalue weighted by atomic mass is 32.1. The molecule has 1 heterocycles. The molecule has 7 heteroatoms. The highest BCUT2D eigenvalue weighted by Gasteiger charge is 2.08. The van der Waals surface area contributed by atoms with Crippen molar-refractivity contribution in [1.29, 1.82) is 0 Å². The number of rotatable bonds is 3. The molecule has 0 spiro atoms. The molecule has 0 fully saturated rings. The summed E-state index contributed by atoms with van der Waals surface area (Å²) in [6.45, 7) is 3.75. The average Bonchev–Trinajstić information content (AvgIpc) is 2.83. The van der Waals surface area contributed by atoms with Gasteiger partial charge in [0.25, 0.3) is 5.91 Å². The second-order valence-corrected chi connectivity index (χ2v) is 5.92. The maximum atomic E-state index is 12.2. The van der Waals surface area contributed by atoms with Crippen LogP contribution in [-0.4, -0.2) is 22.5 Å². The Balaban J connectivity index is 2.16. The van der Waals surface area contributed by atoms with Gasteiger partial charge in [-0.05, 0) is 32.0 Å². The number of benzene rings is 1. The first kappa shape index (κ1) is 16.0. The van der Waals surface area contributed by atoms with Crippen LogP contribution in [0.5, 0.6) is 0 Å². The van der Waals surface area contributed by atoms with Crippen molar-refractivity contribution in [3.63, 3.8) is 0 Å². The predicted molar refractivity (Wildman–Crippen MR) is 86.9 cm³/mol. The third kappa shape index (κ3) is 4.29. The van der Waals surface area contributed by atoms with Crippen molar-refractivity contribution in [3.8, 4) is 0 Å². The van der Waals surface area contributed by atoms with E-state index in [0.29, 0.717) is 16.1 Å². The van der Waals surface area contributed by atoms with Gasteiger partial charge in [-0.2, -0.15) is 4.99 Å². The molecule has 3 amide bonds. The van der Waals surface area contributed by atoms with Crippen LogP contribution in [-0.2, 0) is 7.05 Å². The molecule has 2 N–H and O–H groups in total.